The highest BCUT2D eigenvalue weighted by molar-refractivity contribution is 5.87. The lowest BCUT2D eigenvalue weighted by Gasteiger charge is -2.24. The van der Waals surface area contributed by atoms with Gasteiger partial charge in [0.2, 0.25) is 0 Å². The molecule has 0 fully saturated rings. The van der Waals surface area contributed by atoms with E-state index >= 15 is 0 Å². The standard InChI is InChI=1S/C9H12N2O3/c1-4-3-6-7(5(2)14-4)10-11-8(6)9(12)13/h4-5H,3H2,1-2H3,(H,10,11)(H,12,13)/t4-,5+/m0/s1. The minimum absolute atomic E-state index is 0.0493. The van der Waals surface area contributed by atoms with E-state index in [0.717, 1.165) is 11.3 Å². The summed E-state index contributed by atoms with van der Waals surface area (Å²) < 4.78 is 5.54. The van der Waals surface area contributed by atoms with Gasteiger partial charge in [-0.2, -0.15) is 5.10 Å². The second kappa shape index (κ2) is 3.09. The molecule has 0 saturated heterocycles. The van der Waals surface area contributed by atoms with E-state index in [-0.39, 0.29) is 17.9 Å². The summed E-state index contributed by atoms with van der Waals surface area (Å²) in [5.74, 6) is -0.983. The van der Waals surface area contributed by atoms with Crippen molar-refractivity contribution in [2.24, 2.45) is 0 Å². The Balaban J connectivity index is 2.46. The minimum Gasteiger partial charge on any atom is -0.476 e. The van der Waals surface area contributed by atoms with Crippen LogP contribution in [0.5, 0.6) is 0 Å². The van der Waals surface area contributed by atoms with E-state index in [2.05, 4.69) is 10.2 Å². The van der Waals surface area contributed by atoms with Crippen LogP contribution in [-0.2, 0) is 11.2 Å². The molecule has 0 spiro atoms. The van der Waals surface area contributed by atoms with Crippen LogP contribution in [0.3, 0.4) is 0 Å². The van der Waals surface area contributed by atoms with Crippen LogP contribution in [0.2, 0.25) is 0 Å². The number of carboxylic acid groups (broad SMARTS) is 1. The molecule has 5 nitrogen and oxygen atoms in total. The summed E-state index contributed by atoms with van der Waals surface area (Å²) in [7, 11) is 0. The average molecular weight is 196 g/mol. The van der Waals surface area contributed by atoms with Crippen molar-refractivity contribution in [1.29, 1.82) is 0 Å². The molecule has 0 amide bonds. The fraction of sp³-hybridized carbons (Fsp3) is 0.556. The third-order valence-electron chi connectivity index (χ3n) is 2.44. The van der Waals surface area contributed by atoms with E-state index in [0.29, 0.717) is 6.42 Å². The largest absolute Gasteiger partial charge is 0.476 e. The Kier molecular flexibility index (Phi) is 2.03. The molecular formula is C9H12N2O3. The van der Waals surface area contributed by atoms with Crippen molar-refractivity contribution < 1.29 is 14.6 Å². The first-order valence-corrected chi connectivity index (χ1v) is 4.55. The van der Waals surface area contributed by atoms with Crippen LogP contribution in [0.4, 0.5) is 0 Å². The smallest absolute Gasteiger partial charge is 0.356 e. The molecule has 14 heavy (non-hydrogen) atoms. The van der Waals surface area contributed by atoms with Gasteiger partial charge in [0, 0.05) is 12.0 Å². The van der Waals surface area contributed by atoms with Gasteiger partial charge >= 0.3 is 5.97 Å². The van der Waals surface area contributed by atoms with Crippen LogP contribution < -0.4 is 0 Å². The van der Waals surface area contributed by atoms with Crippen molar-refractivity contribution in [3.8, 4) is 0 Å². The number of fused-ring (bicyclic) bond motifs is 1. The van der Waals surface area contributed by atoms with Crippen molar-refractivity contribution in [1.82, 2.24) is 10.2 Å². The van der Waals surface area contributed by atoms with Gasteiger partial charge in [0.25, 0.3) is 0 Å². The van der Waals surface area contributed by atoms with E-state index in [9.17, 15) is 4.79 Å². The molecule has 1 aliphatic heterocycles. The summed E-state index contributed by atoms with van der Waals surface area (Å²) in [5.41, 5.74) is 1.70. The van der Waals surface area contributed by atoms with Gasteiger partial charge in [-0.15, -0.1) is 0 Å². The van der Waals surface area contributed by atoms with Gasteiger partial charge in [-0.3, -0.25) is 5.10 Å². The highest BCUT2D eigenvalue weighted by Crippen LogP contribution is 2.29. The van der Waals surface area contributed by atoms with Crippen LogP contribution in [0.25, 0.3) is 0 Å². The van der Waals surface area contributed by atoms with Crippen LogP contribution >= 0.6 is 0 Å². The van der Waals surface area contributed by atoms with Crippen molar-refractivity contribution in [3.63, 3.8) is 0 Å². The van der Waals surface area contributed by atoms with Crippen LogP contribution in [0.1, 0.15) is 41.7 Å². The normalized spacial score (nSPS) is 25.9. The number of H-pyrrole nitrogens is 1. The van der Waals surface area contributed by atoms with Crippen LogP contribution in [0, 0.1) is 0 Å². The van der Waals surface area contributed by atoms with Gasteiger partial charge < -0.3 is 9.84 Å². The first-order chi connectivity index (χ1) is 6.59. The summed E-state index contributed by atoms with van der Waals surface area (Å²) in [5, 5.41) is 15.4. The topological polar surface area (TPSA) is 75.2 Å². The van der Waals surface area contributed by atoms with Crippen molar-refractivity contribution in [2.45, 2.75) is 32.5 Å². The quantitative estimate of drug-likeness (QED) is 0.706. The number of nitrogens with one attached hydrogen (secondary N) is 1. The van der Waals surface area contributed by atoms with Crippen LogP contribution in [0.15, 0.2) is 0 Å². The molecule has 2 rings (SSSR count). The van der Waals surface area contributed by atoms with Crippen molar-refractivity contribution >= 4 is 5.97 Å². The lowest BCUT2D eigenvalue weighted by atomic mass is 10.00. The molecule has 1 aromatic heterocycles. The lowest BCUT2D eigenvalue weighted by Crippen LogP contribution is -2.22. The van der Waals surface area contributed by atoms with Gasteiger partial charge in [0.1, 0.15) is 0 Å². The van der Waals surface area contributed by atoms with Gasteiger partial charge in [-0.1, -0.05) is 0 Å². The van der Waals surface area contributed by atoms with E-state index in [1.165, 1.54) is 0 Å². The third kappa shape index (κ3) is 1.29. The number of ether oxygens (including phenoxy) is 1. The SMILES string of the molecule is C[C@H]1Cc2c(C(=O)O)n[nH]c2[C@@H](C)O1. The molecule has 0 aromatic carbocycles. The predicted molar refractivity (Wildman–Crippen MR) is 48.2 cm³/mol. The molecule has 1 aromatic rings. The molecule has 0 bridgehead atoms. The predicted octanol–water partition coefficient (Wildman–Crippen LogP) is 1.13. The fourth-order valence-corrected chi connectivity index (χ4v) is 1.85. The number of hydrogen-bond donors (Lipinski definition) is 2. The number of rotatable bonds is 1. The molecule has 1 aliphatic rings. The molecule has 0 radical (unpaired) electrons. The zero-order valence-electron chi connectivity index (χ0n) is 8.07. The highest BCUT2D eigenvalue weighted by Gasteiger charge is 2.29. The molecule has 0 saturated carbocycles. The first kappa shape index (κ1) is 9.21. The maximum absolute atomic E-state index is 10.8. The Morgan fingerprint density at radius 1 is 1.64 bits per heavy atom. The number of hydrogen-bond acceptors (Lipinski definition) is 3. The molecule has 0 unspecified atom stereocenters. The average Bonchev–Trinajstić information content (AvgIpc) is 2.47. The van der Waals surface area contributed by atoms with Gasteiger partial charge in [-0.05, 0) is 13.8 Å². The zero-order valence-corrected chi connectivity index (χ0v) is 8.07. The monoisotopic (exact) mass is 196 g/mol. The summed E-state index contributed by atoms with van der Waals surface area (Å²) in [6.45, 7) is 3.82. The number of aromatic amines is 1. The Morgan fingerprint density at radius 3 is 3.00 bits per heavy atom. The number of carboxylic acids is 1. The fourth-order valence-electron chi connectivity index (χ4n) is 1.85. The molecular weight excluding hydrogens is 184 g/mol. The highest BCUT2D eigenvalue weighted by atomic mass is 16.5. The lowest BCUT2D eigenvalue weighted by molar-refractivity contribution is -0.00703. The molecule has 2 atom stereocenters. The van der Waals surface area contributed by atoms with E-state index in [4.69, 9.17) is 9.84 Å². The minimum atomic E-state index is -0.983. The third-order valence-corrected chi connectivity index (χ3v) is 2.44. The van der Waals surface area contributed by atoms with Gasteiger partial charge in [0.15, 0.2) is 5.69 Å². The molecule has 76 valence electrons. The van der Waals surface area contributed by atoms with Crippen molar-refractivity contribution in [2.75, 3.05) is 0 Å². The Labute approximate surface area is 81.1 Å². The Morgan fingerprint density at radius 2 is 2.36 bits per heavy atom. The zero-order chi connectivity index (χ0) is 10.3. The molecule has 5 heteroatoms. The van der Waals surface area contributed by atoms with E-state index in [1.807, 2.05) is 13.8 Å². The van der Waals surface area contributed by atoms with E-state index < -0.39 is 5.97 Å². The van der Waals surface area contributed by atoms with Crippen molar-refractivity contribution in [3.05, 3.63) is 17.0 Å². The number of nitrogens with zero attached hydrogens (tertiary/aromatic N) is 1. The maximum atomic E-state index is 10.8. The number of aromatic carboxylic acids is 1. The van der Waals surface area contributed by atoms with Gasteiger partial charge in [0.05, 0.1) is 17.9 Å². The Hall–Kier alpha value is -1.36. The molecule has 2 N–H and O–H groups in total. The second-order valence-electron chi connectivity index (χ2n) is 3.56. The molecule has 2 heterocycles. The summed E-state index contributed by atoms with van der Waals surface area (Å²) in [4.78, 5) is 10.8. The second-order valence-corrected chi connectivity index (χ2v) is 3.56. The summed E-state index contributed by atoms with van der Waals surface area (Å²) in [6, 6.07) is 0. The van der Waals surface area contributed by atoms with Crippen LogP contribution in [-0.4, -0.2) is 27.4 Å². The summed E-state index contributed by atoms with van der Waals surface area (Å²) >= 11 is 0. The first-order valence-electron chi connectivity index (χ1n) is 4.55. The maximum Gasteiger partial charge on any atom is 0.356 e. The van der Waals surface area contributed by atoms with Gasteiger partial charge in [-0.25, -0.2) is 4.79 Å². The van der Waals surface area contributed by atoms with E-state index in [1.54, 1.807) is 0 Å². The summed E-state index contributed by atoms with van der Waals surface area (Å²) in [6.07, 6.45) is 0.556. The number of aromatic nitrogens is 2. The Bertz CT molecular complexity index is 372. The molecule has 0 aliphatic carbocycles. The number of carbonyl (C=O) groups is 1.